The van der Waals surface area contributed by atoms with E-state index in [2.05, 4.69) is 0 Å². The van der Waals surface area contributed by atoms with Crippen molar-refractivity contribution < 1.29 is 8.78 Å². The maximum atomic E-state index is 12.9. The Kier molecular flexibility index (Phi) is 4.19. The van der Waals surface area contributed by atoms with E-state index in [0.717, 1.165) is 22.3 Å². The third kappa shape index (κ3) is 3.23. The van der Waals surface area contributed by atoms with Gasteiger partial charge in [0.2, 0.25) is 0 Å². The molecule has 106 valence electrons. The van der Waals surface area contributed by atoms with E-state index >= 15 is 0 Å². The minimum Gasteiger partial charge on any atom is -0.320 e. The molecule has 0 bridgehead atoms. The van der Waals surface area contributed by atoms with Gasteiger partial charge in [-0.2, -0.15) is 0 Å². The van der Waals surface area contributed by atoms with Crippen LogP contribution in [-0.4, -0.2) is 12.0 Å². The zero-order valence-corrected chi connectivity index (χ0v) is 11.7. The molecule has 2 N–H and O–H groups in total. The molecular formula is C17H19F2N. The molecule has 20 heavy (non-hydrogen) atoms. The Balaban J connectivity index is 2.32. The van der Waals surface area contributed by atoms with Crippen molar-refractivity contribution in [1.82, 2.24) is 0 Å². The van der Waals surface area contributed by atoms with E-state index in [9.17, 15) is 8.78 Å². The van der Waals surface area contributed by atoms with Crippen molar-refractivity contribution in [1.29, 1.82) is 0 Å². The number of nitrogens with two attached hydrogens (primary N) is 1. The van der Waals surface area contributed by atoms with Gasteiger partial charge in [-0.05, 0) is 42.5 Å². The summed E-state index contributed by atoms with van der Waals surface area (Å²) >= 11 is 0. The lowest BCUT2D eigenvalue weighted by molar-refractivity contribution is 0.0639. The van der Waals surface area contributed by atoms with Crippen LogP contribution in [0.15, 0.2) is 48.5 Å². The Bertz CT molecular complexity index is 591. The standard InChI is InChI=1S/C17H19F2N/c1-12-6-3-4-9-15(12)14-8-5-7-13(10-14)11-17(2,20)16(18)19/h3-10,16H,11,20H2,1-2H3. The van der Waals surface area contributed by atoms with Crippen LogP contribution >= 0.6 is 0 Å². The summed E-state index contributed by atoms with van der Waals surface area (Å²) in [6, 6.07) is 15.7. The lowest BCUT2D eigenvalue weighted by Gasteiger charge is -2.23. The summed E-state index contributed by atoms with van der Waals surface area (Å²) in [4.78, 5) is 0. The van der Waals surface area contributed by atoms with Crippen molar-refractivity contribution in [2.75, 3.05) is 0 Å². The third-order valence-electron chi connectivity index (χ3n) is 3.47. The summed E-state index contributed by atoms with van der Waals surface area (Å²) in [5.74, 6) is 0. The van der Waals surface area contributed by atoms with Crippen LogP contribution in [0.3, 0.4) is 0 Å². The van der Waals surface area contributed by atoms with Gasteiger partial charge >= 0.3 is 0 Å². The van der Waals surface area contributed by atoms with Gasteiger partial charge in [-0.3, -0.25) is 0 Å². The number of alkyl halides is 2. The molecule has 0 saturated heterocycles. The third-order valence-corrected chi connectivity index (χ3v) is 3.47. The molecule has 2 aromatic rings. The SMILES string of the molecule is Cc1ccccc1-c1cccc(CC(C)(N)C(F)F)c1. The first-order valence-corrected chi connectivity index (χ1v) is 6.62. The lowest BCUT2D eigenvalue weighted by atomic mass is 9.91. The Morgan fingerprint density at radius 2 is 1.80 bits per heavy atom. The van der Waals surface area contributed by atoms with E-state index in [1.54, 1.807) is 0 Å². The molecule has 0 aliphatic heterocycles. The number of rotatable bonds is 4. The van der Waals surface area contributed by atoms with Gasteiger partial charge in [-0.15, -0.1) is 0 Å². The van der Waals surface area contributed by atoms with E-state index in [1.165, 1.54) is 6.92 Å². The molecule has 0 fully saturated rings. The molecule has 0 aliphatic rings. The Hall–Kier alpha value is -1.74. The molecule has 2 rings (SSSR count). The highest BCUT2D eigenvalue weighted by atomic mass is 19.3. The monoisotopic (exact) mass is 275 g/mol. The highest BCUT2D eigenvalue weighted by Crippen LogP contribution is 2.26. The quantitative estimate of drug-likeness (QED) is 0.889. The summed E-state index contributed by atoms with van der Waals surface area (Å²) in [5.41, 5.74) is 8.30. The molecule has 0 saturated carbocycles. The Morgan fingerprint density at radius 3 is 2.45 bits per heavy atom. The largest absolute Gasteiger partial charge is 0.320 e. The van der Waals surface area contributed by atoms with Crippen LogP contribution in [0.4, 0.5) is 8.78 Å². The maximum Gasteiger partial charge on any atom is 0.256 e. The first kappa shape index (κ1) is 14.7. The summed E-state index contributed by atoms with van der Waals surface area (Å²) < 4.78 is 25.7. The van der Waals surface area contributed by atoms with E-state index in [0.29, 0.717) is 0 Å². The maximum absolute atomic E-state index is 12.9. The van der Waals surface area contributed by atoms with Gasteiger partial charge in [0.25, 0.3) is 6.43 Å². The molecule has 1 atom stereocenters. The predicted octanol–water partition coefficient (Wildman–Crippen LogP) is 4.19. The summed E-state index contributed by atoms with van der Waals surface area (Å²) in [6.07, 6.45) is -2.38. The molecule has 0 aliphatic carbocycles. The van der Waals surface area contributed by atoms with Crippen molar-refractivity contribution in [3.05, 3.63) is 59.7 Å². The zero-order valence-electron chi connectivity index (χ0n) is 11.7. The van der Waals surface area contributed by atoms with E-state index in [-0.39, 0.29) is 6.42 Å². The fourth-order valence-corrected chi connectivity index (χ4v) is 2.26. The number of aryl methyl sites for hydroxylation is 1. The fraction of sp³-hybridized carbons (Fsp3) is 0.294. The van der Waals surface area contributed by atoms with Crippen molar-refractivity contribution in [3.63, 3.8) is 0 Å². The summed E-state index contributed by atoms with van der Waals surface area (Å²) in [7, 11) is 0. The number of benzene rings is 2. The number of halogens is 2. The van der Waals surface area contributed by atoms with Crippen LogP contribution in [0.1, 0.15) is 18.1 Å². The van der Waals surface area contributed by atoms with Gasteiger partial charge in [0.1, 0.15) is 0 Å². The Labute approximate surface area is 118 Å². The van der Waals surface area contributed by atoms with Crippen molar-refractivity contribution >= 4 is 0 Å². The van der Waals surface area contributed by atoms with E-state index in [4.69, 9.17) is 5.73 Å². The molecule has 0 aromatic heterocycles. The van der Waals surface area contributed by atoms with Gasteiger partial charge in [0, 0.05) is 0 Å². The topological polar surface area (TPSA) is 26.0 Å². The first-order chi connectivity index (χ1) is 9.40. The Morgan fingerprint density at radius 1 is 1.10 bits per heavy atom. The first-order valence-electron chi connectivity index (χ1n) is 6.62. The second-order valence-corrected chi connectivity index (χ2v) is 5.50. The van der Waals surface area contributed by atoms with Crippen molar-refractivity contribution in [2.45, 2.75) is 32.2 Å². The normalized spacial score (nSPS) is 14.3. The molecular weight excluding hydrogens is 256 g/mol. The molecule has 0 spiro atoms. The van der Waals surface area contributed by atoms with Crippen LogP contribution in [0.2, 0.25) is 0 Å². The van der Waals surface area contributed by atoms with Crippen molar-refractivity contribution in [3.8, 4) is 11.1 Å². The number of hydrogen-bond acceptors (Lipinski definition) is 1. The smallest absolute Gasteiger partial charge is 0.256 e. The molecule has 1 unspecified atom stereocenters. The number of hydrogen-bond donors (Lipinski definition) is 1. The zero-order chi connectivity index (χ0) is 14.8. The van der Waals surface area contributed by atoms with Crippen LogP contribution in [0.25, 0.3) is 11.1 Å². The highest BCUT2D eigenvalue weighted by molar-refractivity contribution is 5.67. The second-order valence-electron chi connectivity index (χ2n) is 5.50. The van der Waals surface area contributed by atoms with Gasteiger partial charge in [-0.1, -0.05) is 48.5 Å². The fourth-order valence-electron chi connectivity index (χ4n) is 2.26. The molecule has 3 heteroatoms. The average molecular weight is 275 g/mol. The second kappa shape index (κ2) is 5.71. The minimum absolute atomic E-state index is 0.157. The average Bonchev–Trinajstić information content (AvgIpc) is 2.39. The molecule has 1 nitrogen and oxygen atoms in total. The highest BCUT2D eigenvalue weighted by Gasteiger charge is 2.30. The van der Waals surface area contributed by atoms with Crippen LogP contribution < -0.4 is 5.73 Å². The van der Waals surface area contributed by atoms with Crippen LogP contribution in [0, 0.1) is 6.92 Å². The predicted molar refractivity (Wildman–Crippen MR) is 78.9 cm³/mol. The summed E-state index contributed by atoms with van der Waals surface area (Å²) in [6.45, 7) is 3.42. The van der Waals surface area contributed by atoms with Crippen LogP contribution in [0.5, 0.6) is 0 Å². The van der Waals surface area contributed by atoms with Gasteiger partial charge in [0.05, 0.1) is 5.54 Å². The van der Waals surface area contributed by atoms with Crippen LogP contribution in [-0.2, 0) is 6.42 Å². The van der Waals surface area contributed by atoms with Gasteiger partial charge < -0.3 is 5.73 Å². The molecule has 0 amide bonds. The lowest BCUT2D eigenvalue weighted by Crippen LogP contribution is -2.45. The van der Waals surface area contributed by atoms with Gasteiger partial charge in [0.15, 0.2) is 0 Å². The van der Waals surface area contributed by atoms with E-state index in [1.807, 2.05) is 55.5 Å². The van der Waals surface area contributed by atoms with E-state index < -0.39 is 12.0 Å². The minimum atomic E-state index is -2.54. The molecule has 0 radical (unpaired) electrons. The van der Waals surface area contributed by atoms with Crippen molar-refractivity contribution in [2.24, 2.45) is 5.73 Å². The molecule has 0 heterocycles. The van der Waals surface area contributed by atoms with Gasteiger partial charge in [-0.25, -0.2) is 8.78 Å². The molecule has 2 aromatic carbocycles. The summed E-state index contributed by atoms with van der Waals surface area (Å²) in [5, 5.41) is 0.